The Morgan fingerprint density at radius 1 is 1.07 bits per heavy atom. The topological polar surface area (TPSA) is 102 Å². The minimum absolute atomic E-state index is 0.00549. The summed E-state index contributed by atoms with van der Waals surface area (Å²) < 4.78 is 5.24. The van der Waals surface area contributed by atoms with Crippen LogP contribution in [0.3, 0.4) is 0 Å². The number of anilines is 1. The second kappa shape index (κ2) is 8.41. The standard InChI is InChI=1S/C19H19N3O5/c23-18(21-9-11-27-12-10-21)13-14-5-7-15(8-6-14)20-19(24)16-3-1-2-4-17(16)22(25)26/h1-8H,9-13H2,(H,20,24). The maximum absolute atomic E-state index is 12.3. The number of benzene rings is 2. The van der Waals surface area contributed by atoms with Crippen molar-refractivity contribution >= 4 is 23.2 Å². The molecule has 0 saturated carbocycles. The molecule has 1 aliphatic heterocycles. The molecule has 1 N–H and O–H groups in total. The monoisotopic (exact) mass is 369 g/mol. The first kappa shape index (κ1) is 18.5. The smallest absolute Gasteiger partial charge is 0.282 e. The van der Waals surface area contributed by atoms with Crippen LogP contribution in [0, 0.1) is 10.1 Å². The largest absolute Gasteiger partial charge is 0.378 e. The summed E-state index contributed by atoms with van der Waals surface area (Å²) in [7, 11) is 0. The first-order valence-electron chi connectivity index (χ1n) is 8.54. The van der Waals surface area contributed by atoms with Crippen LogP contribution in [0.15, 0.2) is 48.5 Å². The second-order valence-electron chi connectivity index (χ2n) is 6.10. The lowest BCUT2D eigenvalue weighted by molar-refractivity contribution is -0.385. The Bertz CT molecular complexity index is 845. The molecule has 8 heteroatoms. The van der Waals surface area contributed by atoms with E-state index in [0.29, 0.717) is 32.0 Å². The summed E-state index contributed by atoms with van der Waals surface area (Å²) in [6, 6.07) is 12.6. The molecule has 1 fully saturated rings. The summed E-state index contributed by atoms with van der Waals surface area (Å²) in [6.07, 6.45) is 0.276. The number of carbonyl (C=O) groups is 2. The van der Waals surface area contributed by atoms with Crippen molar-refractivity contribution in [3.8, 4) is 0 Å². The molecule has 0 aromatic heterocycles. The molecular formula is C19H19N3O5. The third kappa shape index (κ3) is 4.68. The Kier molecular flexibility index (Phi) is 5.77. The number of hydrogen-bond acceptors (Lipinski definition) is 5. The van der Waals surface area contributed by atoms with Crippen molar-refractivity contribution in [3.63, 3.8) is 0 Å². The predicted molar refractivity (Wildman–Crippen MR) is 98.6 cm³/mol. The number of hydrogen-bond donors (Lipinski definition) is 1. The number of amides is 2. The first-order chi connectivity index (χ1) is 13.0. The minimum Gasteiger partial charge on any atom is -0.378 e. The Balaban J connectivity index is 1.63. The van der Waals surface area contributed by atoms with Crippen LogP contribution >= 0.6 is 0 Å². The molecule has 0 atom stereocenters. The summed E-state index contributed by atoms with van der Waals surface area (Å²) >= 11 is 0. The van der Waals surface area contributed by atoms with Crippen LogP contribution < -0.4 is 5.32 Å². The zero-order valence-corrected chi connectivity index (χ0v) is 14.6. The van der Waals surface area contributed by atoms with Crippen molar-refractivity contribution in [1.82, 2.24) is 4.90 Å². The van der Waals surface area contributed by atoms with Gasteiger partial charge in [-0.2, -0.15) is 0 Å². The van der Waals surface area contributed by atoms with E-state index >= 15 is 0 Å². The van der Waals surface area contributed by atoms with Crippen LogP contribution in [0.5, 0.6) is 0 Å². The number of para-hydroxylation sites is 1. The van der Waals surface area contributed by atoms with Crippen molar-refractivity contribution in [1.29, 1.82) is 0 Å². The molecule has 27 heavy (non-hydrogen) atoms. The van der Waals surface area contributed by atoms with E-state index in [4.69, 9.17) is 4.74 Å². The second-order valence-corrected chi connectivity index (χ2v) is 6.10. The van der Waals surface area contributed by atoms with Gasteiger partial charge in [0.2, 0.25) is 5.91 Å². The highest BCUT2D eigenvalue weighted by Gasteiger charge is 2.20. The third-order valence-electron chi connectivity index (χ3n) is 4.28. The van der Waals surface area contributed by atoms with Gasteiger partial charge in [-0.25, -0.2) is 0 Å². The molecule has 3 rings (SSSR count). The van der Waals surface area contributed by atoms with E-state index in [0.717, 1.165) is 5.56 Å². The van der Waals surface area contributed by atoms with Crippen LogP contribution in [0.1, 0.15) is 15.9 Å². The fourth-order valence-corrected chi connectivity index (χ4v) is 2.83. The normalized spacial score (nSPS) is 13.9. The first-order valence-corrected chi connectivity index (χ1v) is 8.54. The Morgan fingerprint density at radius 2 is 1.74 bits per heavy atom. The summed E-state index contributed by atoms with van der Waals surface area (Å²) in [6.45, 7) is 2.32. The summed E-state index contributed by atoms with van der Waals surface area (Å²) in [4.78, 5) is 36.8. The number of ether oxygens (including phenoxy) is 1. The zero-order valence-electron chi connectivity index (χ0n) is 14.6. The highest BCUT2D eigenvalue weighted by Crippen LogP contribution is 2.20. The quantitative estimate of drug-likeness (QED) is 0.643. The van der Waals surface area contributed by atoms with E-state index in [1.165, 1.54) is 18.2 Å². The number of rotatable bonds is 5. The Morgan fingerprint density at radius 3 is 2.41 bits per heavy atom. The number of nitrogens with zero attached hydrogens (tertiary/aromatic N) is 2. The third-order valence-corrected chi connectivity index (χ3v) is 4.28. The van der Waals surface area contributed by atoms with Crippen LogP contribution in [-0.2, 0) is 16.0 Å². The lowest BCUT2D eigenvalue weighted by Gasteiger charge is -2.26. The lowest BCUT2D eigenvalue weighted by atomic mass is 10.1. The van der Waals surface area contributed by atoms with E-state index in [9.17, 15) is 19.7 Å². The van der Waals surface area contributed by atoms with E-state index in [1.807, 2.05) is 0 Å². The van der Waals surface area contributed by atoms with Gasteiger partial charge < -0.3 is 15.0 Å². The summed E-state index contributed by atoms with van der Waals surface area (Å²) in [5, 5.41) is 13.7. The van der Waals surface area contributed by atoms with Gasteiger partial charge in [-0.15, -0.1) is 0 Å². The number of nitrogens with one attached hydrogen (secondary N) is 1. The molecule has 0 radical (unpaired) electrons. The highest BCUT2D eigenvalue weighted by atomic mass is 16.6. The number of morpholine rings is 1. The summed E-state index contributed by atoms with van der Waals surface area (Å²) in [5.41, 5.74) is 1.08. The van der Waals surface area contributed by atoms with Gasteiger partial charge in [-0.05, 0) is 23.8 Å². The molecular weight excluding hydrogens is 350 g/mol. The molecule has 0 aliphatic carbocycles. The number of nitro benzene ring substituents is 1. The zero-order chi connectivity index (χ0) is 19.2. The fraction of sp³-hybridized carbons (Fsp3) is 0.263. The predicted octanol–water partition coefficient (Wildman–Crippen LogP) is 2.25. The lowest BCUT2D eigenvalue weighted by Crippen LogP contribution is -2.41. The number of carbonyl (C=O) groups excluding carboxylic acids is 2. The molecule has 0 spiro atoms. The summed E-state index contributed by atoms with van der Waals surface area (Å²) in [5.74, 6) is -0.519. The molecule has 0 unspecified atom stereocenters. The molecule has 0 bridgehead atoms. The van der Waals surface area contributed by atoms with Gasteiger partial charge >= 0.3 is 0 Å². The Labute approximate surface area is 155 Å². The maximum atomic E-state index is 12.3. The van der Waals surface area contributed by atoms with Gasteiger partial charge in [-0.3, -0.25) is 19.7 Å². The van der Waals surface area contributed by atoms with Crippen molar-refractivity contribution in [2.45, 2.75) is 6.42 Å². The van der Waals surface area contributed by atoms with Crippen molar-refractivity contribution in [2.24, 2.45) is 0 Å². The van der Waals surface area contributed by atoms with E-state index in [-0.39, 0.29) is 23.6 Å². The molecule has 2 amide bonds. The van der Waals surface area contributed by atoms with Crippen LogP contribution in [0.2, 0.25) is 0 Å². The van der Waals surface area contributed by atoms with Crippen LogP contribution in [0.25, 0.3) is 0 Å². The molecule has 1 heterocycles. The van der Waals surface area contributed by atoms with Gasteiger partial charge in [0, 0.05) is 24.8 Å². The molecule has 1 saturated heterocycles. The van der Waals surface area contributed by atoms with Crippen molar-refractivity contribution < 1.29 is 19.2 Å². The molecule has 2 aromatic carbocycles. The molecule has 2 aromatic rings. The van der Waals surface area contributed by atoms with Crippen LogP contribution in [0.4, 0.5) is 11.4 Å². The molecule has 1 aliphatic rings. The average Bonchev–Trinajstić information content (AvgIpc) is 2.70. The SMILES string of the molecule is O=C(Nc1ccc(CC(=O)N2CCOCC2)cc1)c1ccccc1[N+](=O)[O-]. The molecule has 8 nitrogen and oxygen atoms in total. The van der Waals surface area contributed by atoms with Gasteiger partial charge in [0.25, 0.3) is 11.6 Å². The van der Waals surface area contributed by atoms with Gasteiger partial charge in [0.1, 0.15) is 5.56 Å². The molecule has 140 valence electrons. The minimum atomic E-state index is -0.588. The van der Waals surface area contributed by atoms with E-state index in [2.05, 4.69) is 5.32 Å². The van der Waals surface area contributed by atoms with Gasteiger partial charge in [-0.1, -0.05) is 24.3 Å². The number of nitro groups is 1. The highest BCUT2D eigenvalue weighted by molar-refractivity contribution is 6.07. The Hall–Kier alpha value is -3.26. The van der Waals surface area contributed by atoms with Crippen LogP contribution in [-0.4, -0.2) is 47.9 Å². The average molecular weight is 369 g/mol. The maximum Gasteiger partial charge on any atom is 0.282 e. The van der Waals surface area contributed by atoms with Gasteiger partial charge in [0.05, 0.1) is 24.6 Å². The fourth-order valence-electron chi connectivity index (χ4n) is 2.83. The van der Waals surface area contributed by atoms with Crippen molar-refractivity contribution in [2.75, 3.05) is 31.6 Å². The van der Waals surface area contributed by atoms with E-state index in [1.54, 1.807) is 35.2 Å². The van der Waals surface area contributed by atoms with E-state index < -0.39 is 10.8 Å². The van der Waals surface area contributed by atoms with Gasteiger partial charge in [0.15, 0.2) is 0 Å². The van der Waals surface area contributed by atoms with Crippen molar-refractivity contribution in [3.05, 3.63) is 69.8 Å².